The average molecular weight is 299 g/mol. The first-order chi connectivity index (χ1) is 10.8. The quantitative estimate of drug-likeness (QED) is 0.829. The molecule has 2 aliphatic heterocycles. The van der Waals surface area contributed by atoms with Gasteiger partial charge >= 0.3 is 0 Å². The third kappa shape index (κ3) is 2.71. The van der Waals surface area contributed by atoms with E-state index in [0.29, 0.717) is 6.04 Å². The second-order valence-corrected chi connectivity index (χ2v) is 7.52. The van der Waals surface area contributed by atoms with Gasteiger partial charge in [0, 0.05) is 24.2 Å². The van der Waals surface area contributed by atoms with Gasteiger partial charge in [-0.1, -0.05) is 31.4 Å². The van der Waals surface area contributed by atoms with Crippen LogP contribution in [-0.2, 0) is 0 Å². The largest absolute Gasteiger partial charge is 0.397 e. The lowest BCUT2D eigenvalue weighted by atomic mass is 9.88. The van der Waals surface area contributed by atoms with E-state index in [2.05, 4.69) is 22.3 Å². The van der Waals surface area contributed by atoms with Crippen LogP contribution in [0.15, 0.2) is 24.3 Å². The first-order valence-corrected chi connectivity index (χ1v) is 9.20. The number of fused-ring (bicyclic) bond motifs is 2. The molecular formula is C19H29N3. The highest BCUT2D eigenvalue weighted by atomic mass is 15.3. The summed E-state index contributed by atoms with van der Waals surface area (Å²) >= 11 is 0. The molecule has 0 aromatic heterocycles. The molecule has 0 spiro atoms. The van der Waals surface area contributed by atoms with Crippen molar-refractivity contribution in [3.8, 4) is 0 Å². The van der Waals surface area contributed by atoms with Crippen molar-refractivity contribution in [1.29, 1.82) is 0 Å². The predicted molar refractivity (Wildman–Crippen MR) is 93.0 cm³/mol. The zero-order chi connectivity index (χ0) is 14.9. The molecule has 3 heteroatoms. The molecule has 0 amide bonds. The van der Waals surface area contributed by atoms with Crippen molar-refractivity contribution in [3.63, 3.8) is 0 Å². The van der Waals surface area contributed by atoms with E-state index in [1.54, 1.807) is 0 Å². The highest BCUT2D eigenvalue weighted by Gasteiger charge is 2.43. The molecule has 22 heavy (non-hydrogen) atoms. The van der Waals surface area contributed by atoms with E-state index < -0.39 is 0 Å². The summed E-state index contributed by atoms with van der Waals surface area (Å²) in [5.41, 5.74) is 8.10. The monoisotopic (exact) mass is 299 g/mol. The van der Waals surface area contributed by atoms with Crippen molar-refractivity contribution >= 4 is 11.4 Å². The van der Waals surface area contributed by atoms with E-state index in [1.165, 1.54) is 57.8 Å². The Morgan fingerprint density at radius 3 is 2.23 bits per heavy atom. The van der Waals surface area contributed by atoms with Crippen molar-refractivity contribution in [1.82, 2.24) is 4.90 Å². The van der Waals surface area contributed by atoms with Crippen molar-refractivity contribution in [3.05, 3.63) is 24.3 Å². The van der Waals surface area contributed by atoms with Gasteiger partial charge in [-0.25, -0.2) is 0 Å². The van der Waals surface area contributed by atoms with Crippen LogP contribution in [0.2, 0.25) is 0 Å². The number of para-hydroxylation sites is 2. The molecule has 2 unspecified atom stereocenters. The SMILES string of the molecule is Nc1ccccc1NC1CC2CCC(C1)N2C1CCCCC1. The van der Waals surface area contributed by atoms with E-state index in [0.717, 1.165) is 29.5 Å². The number of hydrogen-bond acceptors (Lipinski definition) is 3. The van der Waals surface area contributed by atoms with Crippen molar-refractivity contribution in [2.75, 3.05) is 11.1 Å². The molecule has 3 aliphatic rings. The third-order valence-corrected chi connectivity index (χ3v) is 6.11. The Morgan fingerprint density at radius 2 is 1.55 bits per heavy atom. The number of anilines is 2. The Hall–Kier alpha value is -1.22. The fraction of sp³-hybridized carbons (Fsp3) is 0.684. The summed E-state index contributed by atoms with van der Waals surface area (Å²) in [5.74, 6) is 0. The van der Waals surface area contributed by atoms with Crippen LogP contribution in [-0.4, -0.2) is 29.1 Å². The number of rotatable bonds is 3. The lowest BCUT2D eigenvalue weighted by molar-refractivity contribution is 0.0607. The zero-order valence-electron chi connectivity index (χ0n) is 13.5. The standard InChI is InChI=1S/C19H29N3/c20-18-8-4-5-9-19(18)21-14-12-16-10-11-17(13-14)22(16)15-6-2-1-3-7-15/h4-5,8-9,14-17,21H,1-3,6-7,10-13,20H2. The molecule has 3 fully saturated rings. The maximum absolute atomic E-state index is 6.09. The Labute approximate surface area is 134 Å². The molecule has 0 radical (unpaired) electrons. The Morgan fingerprint density at radius 1 is 0.864 bits per heavy atom. The van der Waals surface area contributed by atoms with Crippen LogP contribution in [0.25, 0.3) is 0 Å². The van der Waals surface area contributed by atoms with Crippen LogP contribution in [0.3, 0.4) is 0 Å². The maximum Gasteiger partial charge on any atom is 0.0576 e. The topological polar surface area (TPSA) is 41.3 Å². The van der Waals surface area contributed by atoms with Gasteiger partial charge in [0.1, 0.15) is 0 Å². The van der Waals surface area contributed by atoms with Crippen LogP contribution in [0, 0.1) is 0 Å². The third-order valence-electron chi connectivity index (χ3n) is 6.11. The second-order valence-electron chi connectivity index (χ2n) is 7.52. The van der Waals surface area contributed by atoms with Crippen LogP contribution in [0.1, 0.15) is 57.8 Å². The minimum atomic E-state index is 0.599. The van der Waals surface area contributed by atoms with Gasteiger partial charge in [0.2, 0.25) is 0 Å². The van der Waals surface area contributed by atoms with Gasteiger partial charge in [-0.3, -0.25) is 4.90 Å². The number of nitrogens with one attached hydrogen (secondary N) is 1. The molecule has 1 aromatic rings. The molecule has 3 N–H and O–H groups in total. The lowest BCUT2D eigenvalue weighted by Crippen LogP contribution is -2.52. The van der Waals surface area contributed by atoms with E-state index in [1.807, 2.05) is 12.1 Å². The first-order valence-electron chi connectivity index (χ1n) is 9.20. The fourth-order valence-corrected chi connectivity index (χ4v) is 5.15. The van der Waals surface area contributed by atoms with Gasteiger partial charge in [0.15, 0.2) is 0 Å². The second kappa shape index (κ2) is 6.11. The summed E-state index contributed by atoms with van der Waals surface area (Å²) in [6, 6.07) is 11.3. The predicted octanol–water partition coefficient (Wildman–Crippen LogP) is 4.01. The normalized spacial score (nSPS) is 33.0. The number of piperidine rings is 1. The molecule has 2 heterocycles. The molecule has 120 valence electrons. The number of nitrogens with two attached hydrogens (primary N) is 1. The summed E-state index contributed by atoms with van der Waals surface area (Å²) < 4.78 is 0. The van der Waals surface area contributed by atoms with E-state index in [9.17, 15) is 0 Å². The number of nitrogens with zero attached hydrogens (tertiary/aromatic N) is 1. The van der Waals surface area contributed by atoms with Gasteiger partial charge in [0.25, 0.3) is 0 Å². The molecule has 2 saturated heterocycles. The molecule has 1 aliphatic carbocycles. The minimum Gasteiger partial charge on any atom is -0.397 e. The first kappa shape index (κ1) is 14.4. The molecule has 2 atom stereocenters. The summed E-state index contributed by atoms with van der Waals surface area (Å²) in [6.07, 6.45) is 12.6. The Bertz CT molecular complexity index is 495. The molecule has 3 nitrogen and oxygen atoms in total. The van der Waals surface area contributed by atoms with Crippen LogP contribution < -0.4 is 11.1 Å². The van der Waals surface area contributed by atoms with Crippen LogP contribution in [0.5, 0.6) is 0 Å². The highest BCUT2D eigenvalue weighted by Crippen LogP contribution is 2.41. The van der Waals surface area contributed by atoms with Gasteiger partial charge in [-0.2, -0.15) is 0 Å². The molecule has 2 bridgehead atoms. The number of nitrogen functional groups attached to an aromatic ring is 1. The maximum atomic E-state index is 6.09. The summed E-state index contributed by atoms with van der Waals surface area (Å²) in [5, 5.41) is 3.72. The van der Waals surface area contributed by atoms with Crippen LogP contribution >= 0.6 is 0 Å². The van der Waals surface area contributed by atoms with Crippen molar-refractivity contribution in [2.24, 2.45) is 0 Å². The smallest absolute Gasteiger partial charge is 0.0576 e. The van der Waals surface area contributed by atoms with Crippen LogP contribution in [0.4, 0.5) is 11.4 Å². The van der Waals surface area contributed by atoms with Gasteiger partial charge in [-0.05, 0) is 50.7 Å². The summed E-state index contributed by atoms with van der Waals surface area (Å²) in [4.78, 5) is 2.92. The fourth-order valence-electron chi connectivity index (χ4n) is 5.15. The zero-order valence-corrected chi connectivity index (χ0v) is 13.5. The molecule has 4 rings (SSSR count). The molecule has 1 aromatic carbocycles. The average Bonchev–Trinajstić information content (AvgIpc) is 2.82. The van der Waals surface area contributed by atoms with Crippen molar-refractivity contribution < 1.29 is 0 Å². The minimum absolute atomic E-state index is 0.599. The molecule has 1 saturated carbocycles. The Kier molecular flexibility index (Phi) is 4.00. The van der Waals surface area contributed by atoms with Crippen molar-refractivity contribution in [2.45, 2.75) is 82.0 Å². The highest BCUT2D eigenvalue weighted by molar-refractivity contribution is 5.66. The van der Waals surface area contributed by atoms with Gasteiger partial charge in [0.05, 0.1) is 11.4 Å². The van der Waals surface area contributed by atoms with E-state index in [-0.39, 0.29) is 0 Å². The lowest BCUT2D eigenvalue weighted by Gasteiger charge is -2.45. The van der Waals surface area contributed by atoms with Gasteiger partial charge < -0.3 is 11.1 Å². The summed E-state index contributed by atoms with van der Waals surface area (Å²) in [7, 11) is 0. The Balaban J connectivity index is 1.42. The number of benzene rings is 1. The van der Waals surface area contributed by atoms with E-state index >= 15 is 0 Å². The van der Waals surface area contributed by atoms with Gasteiger partial charge in [-0.15, -0.1) is 0 Å². The number of hydrogen-bond donors (Lipinski definition) is 2. The molecular weight excluding hydrogens is 270 g/mol. The summed E-state index contributed by atoms with van der Waals surface area (Å²) in [6.45, 7) is 0. The van der Waals surface area contributed by atoms with E-state index in [4.69, 9.17) is 5.73 Å².